The fourth-order valence-electron chi connectivity index (χ4n) is 1.70. The molecule has 70 valence electrons. The van der Waals surface area contributed by atoms with Crippen LogP contribution in [0.2, 0.25) is 0 Å². The van der Waals surface area contributed by atoms with Crippen LogP contribution in [-0.2, 0) is 10.2 Å². The standard InChI is InChI=1S/C8H9NO4/c10-5-3-8(4-5,7(11)12)6-1-2-13-9-6/h1-2,5,10H,3-4H2,(H,11,12). The quantitative estimate of drug-likeness (QED) is 0.681. The second-order valence-corrected chi connectivity index (χ2v) is 3.33. The molecule has 1 saturated carbocycles. The average molecular weight is 183 g/mol. The predicted octanol–water partition coefficient (Wildman–Crippen LogP) is 0.152. The number of aliphatic carboxylic acids is 1. The van der Waals surface area contributed by atoms with E-state index in [2.05, 4.69) is 9.68 Å². The van der Waals surface area contributed by atoms with Gasteiger partial charge >= 0.3 is 5.97 Å². The van der Waals surface area contributed by atoms with Crippen molar-refractivity contribution in [3.63, 3.8) is 0 Å². The highest BCUT2D eigenvalue weighted by molar-refractivity contribution is 5.82. The molecule has 0 bridgehead atoms. The second-order valence-electron chi connectivity index (χ2n) is 3.33. The molecule has 0 atom stereocenters. The third kappa shape index (κ3) is 1.04. The van der Waals surface area contributed by atoms with Crippen molar-refractivity contribution >= 4 is 5.97 Å². The number of hydrogen-bond acceptors (Lipinski definition) is 4. The minimum atomic E-state index is -1.02. The van der Waals surface area contributed by atoms with Gasteiger partial charge in [-0.05, 0) is 12.8 Å². The lowest BCUT2D eigenvalue weighted by Gasteiger charge is -2.39. The molecule has 0 radical (unpaired) electrons. The third-order valence-electron chi connectivity index (χ3n) is 2.51. The van der Waals surface area contributed by atoms with Crippen LogP contribution in [0.25, 0.3) is 0 Å². The molecular weight excluding hydrogens is 174 g/mol. The van der Waals surface area contributed by atoms with Crippen LogP contribution >= 0.6 is 0 Å². The van der Waals surface area contributed by atoms with Crippen LogP contribution in [0.15, 0.2) is 16.9 Å². The van der Waals surface area contributed by atoms with Crippen molar-refractivity contribution in [1.82, 2.24) is 5.16 Å². The van der Waals surface area contributed by atoms with Gasteiger partial charge in [0.1, 0.15) is 17.4 Å². The number of hydrogen-bond donors (Lipinski definition) is 2. The highest BCUT2D eigenvalue weighted by atomic mass is 16.5. The fraction of sp³-hybridized carbons (Fsp3) is 0.500. The van der Waals surface area contributed by atoms with Crippen LogP contribution in [0.3, 0.4) is 0 Å². The fourth-order valence-corrected chi connectivity index (χ4v) is 1.70. The Morgan fingerprint density at radius 3 is 2.77 bits per heavy atom. The Morgan fingerprint density at radius 2 is 2.38 bits per heavy atom. The van der Waals surface area contributed by atoms with Gasteiger partial charge in [0.05, 0.1) is 6.10 Å². The summed E-state index contributed by atoms with van der Waals surface area (Å²) in [4.78, 5) is 11.0. The largest absolute Gasteiger partial charge is 0.481 e. The van der Waals surface area contributed by atoms with Gasteiger partial charge in [-0.15, -0.1) is 0 Å². The van der Waals surface area contributed by atoms with E-state index in [4.69, 9.17) is 10.2 Å². The third-order valence-corrected chi connectivity index (χ3v) is 2.51. The average Bonchev–Trinajstić information content (AvgIpc) is 2.49. The molecule has 5 heteroatoms. The Bertz CT molecular complexity index is 313. The normalized spacial score (nSPS) is 32.5. The molecule has 0 aliphatic heterocycles. The highest BCUT2D eigenvalue weighted by Gasteiger charge is 2.53. The number of aliphatic hydroxyl groups excluding tert-OH is 1. The summed E-state index contributed by atoms with van der Waals surface area (Å²) in [5, 5.41) is 21.7. The van der Waals surface area contributed by atoms with Gasteiger partial charge in [0.25, 0.3) is 0 Å². The van der Waals surface area contributed by atoms with E-state index < -0.39 is 17.5 Å². The van der Waals surface area contributed by atoms with Gasteiger partial charge < -0.3 is 14.7 Å². The predicted molar refractivity (Wildman–Crippen MR) is 41.1 cm³/mol. The number of carbonyl (C=O) groups is 1. The topological polar surface area (TPSA) is 83.6 Å². The summed E-state index contributed by atoms with van der Waals surface area (Å²) < 4.78 is 4.59. The summed E-state index contributed by atoms with van der Waals surface area (Å²) in [5.74, 6) is -0.952. The molecule has 1 fully saturated rings. The van der Waals surface area contributed by atoms with Crippen molar-refractivity contribution in [2.75, 3.05) is 0 Å². The van der Waals surface area contributed by atoms with Crippen molar-refractivity contribution in [3.8, 4) is 0 Å². The molecule has 0 aromatic carbocycles. The molecule has 1 aliphatic rings. The first-order chi connectivity index (χ1) is 6.15. The number of aromatic nitrogens is 1. The summed E-state index contributed by atoms with van der Waals surface area (Å²) >= 11 is 0. The number of carboxylic acids is 1. The van der Waals surface area contributed by atoms with Crippen LogP contribution in [0.5, 0.6) is 0 Å². The molecule has 1 aromatic heterocycles. The van der Waals surface area contributed by atoms with E-state index in [9.17, 15) is 4.79 Å². The molecule has 0 saturated heterocycles. The van der Waals surface area contributed by atoms with Crippen molar-refractivity contribution in [2.24, 2.45) is 0 Å². The van der Waals surface area contributed by atoms with E-state index in [-0.39, 0.29) is 12.8 Å². The smallest absolute Gasteiger partial charge is 0.316 e. The first-order valence-corrected chi connectivity index (χ1v) is 3.97. The zero-order valence-electron chi connectivity index (χ0n) is 6.80. The lowest BCUT2D eigenvalue weighted by atomic mass is 9.65. The van der Waals surface area contributed by atoms with Gasteiger partial charge in [0.15, 0.2) is 0 Å². The van der Waals surface area contributed by atoms with E-state index in [1.807, 2.05) is 0 Å². The van der Waals surface area contributed by atoms with Crippen LogP contribution < -0.4 is 0 Å². The van der Waals surface area contributed by atoms with Crippen LogP contribution in [-0.4, -0.2) is 27.4 Å². The monoisotopic (exact) mass is 183 g/mol. The highest BCUT2D eigenvalue weighted by Crippen LogP contribution is 2.43. The van der Waals surface area contributed by atoms with E-state index >= 15 is 0 Å². The molecule has 1 aliphatic carbocycles. The SMILES string of the molecule is O=C(O)C1(c2ccon2)CC(O)C1. The maximum Gasteiger partial charge on any atom is 0.316 e. The van der Waals surface area contributed by atoms with Gasteiger partial charge in [0, 0.05) is 6.07 Å². The Labute approximate surface area is 74.0 Å². The minimum absolute atomic E-state index is 0.217. The van der Waals surface area contributed by atoms with Crippen LogP contribution in [0, 0.1) is 0 Å². The van der Waals surface area contributed by atoms with Gasteiger partial charge in [-0.25, -0.2) is 0 Å². The summed E-state index contributed by atoms with van der Waals surface area (Å²) in [7, 11) is 0. The van der Waals surface area contributed by atoms with E-state index in [0.717, 1.165) is 0 Å². The van der Waals surface area contributed by atoms with Crippen LogP contribution in [0.4, 0.5) is 0 Å². The molecule has 2 rings (SSSR count). The van der Waals surface area contributed by atoms with Gasteiger partial charge in [-0.2, -0.15) is 0 Å². The Hall–Kier alpha value is -1.36. The minimum Gasteiger partial charge on any atom is -0.481 e. The summed E-state index contributed by atoms with van der Waals surface area (Å²) in [5.41, 5.74) is -0.628. The molecular formula is C8H9NO4. The Kier molecular flexibility index (Phi) is 1.63. The lowest BCUT2D eigenvalue weighted by molar-refractivity contribution is -0.153. The molecule has 1 aromatic rings. The van der Waals surface area contributed by atoms with Gasteiger partial charge in [-0.1, -0.05) is 5.16 Å². The molecule has 13 heavy (non-hydrogen) atoms. The lowest BCUT2D eigenvalue weighted by Crippen LogP contribution is -2.50. The molecule has 1 heterocycles. The molecule has 0 unspecified atom stereocenters. The van der Waals surface area contributed by atoms with E-state index in [1.165, 1.54) is 12.3 Å². The summed E-state index contributed by atoms with van der Waals surface area (Å²) in [6.45, 7) is 0. The Morgan fingerprint density at radius 1 is 1.69 bits per heavy atom. The van der Waals surface area contributed by atoms with Crippen molar-refractivity contribution in [1.29, 1.82) is 0 Å². The maximum absolute atomic E-state index is 11.0. The van der Waals surface area contributed by atoms with Crippen molar-refractivity contribution in [2.45, 2.75) is 24.4 Å². The van der Waals surface area contributed by atoms with Crippen molar-refractivity contribution < 1.29 is 19.5 Å². The Balaban J connectivity index is 2.31. The number of rotatable bonds is 2. The molecule has 5 nitrogen and oxygen atoms in total. The maximum atomic E-state index is 11.0. The van der Waals surface area contributed by atoms with E-state index in [1.54, 1.807) is 0 Å². The molecule has 0 amide bonds. The summed E-state index contributed by atoms with van der Waals surface area (Å²) in [6, 6.07) is 1.53. The zero-order valence-corrected chi connectivity index (χ0v) is 6.80. The van der Waals surface area contributed by atoms with Gasteiger partial charge in [0.2, 0.25) is 0 Å². The first-order valence-electron chi connectivity index (χ1n) is 3.97. The van der Waals surface area contributed by atoms with Crippen molar-refractivity contribution in [3.05, 3.63) is 18.0 Å². The number of nitrogens with zero attached hydrogens (tertiary/aromatic N) is 1. The molecule has 2 N–H and O–H groups in total. The number of carboxylic acid groups (broad SMARTS) is 1. The molecule has 0 spiro atoms. The summed E-state index contributed by atoms with van der Waals surface area (Å²) in [6.07, 6.45) is 1.24. The zero-order chi connectivity index (χ0) is 9.47. The first kappa shape index (κ1) is 8.25. The van der Waals surface area contributed by atoms with Crippen LogP contribution in [0.1, 0.15) is 18.5 Å². The number of aliphatic hydroxyl groups is 1. The van der Waals surface area contributed by atoms with Gasteiger partial charge in [-0.3, -0.25) is 4.79 Å². The van der Waals surface area contributed by atoms with E-state index in [0.29, 0.717) is 5.69 Å². The second kappa shape index (κ2) is 2.56.